The van der Waals surface area contributed by atoms with Crippen molar-refractivity contribution in [3.63, 3.8) is 0 Å². The quantitative estimate of drug-likeness (QED) is 0.848. The first-order chi connectivity index (χ1) is 9.88. The molecule has 0 aliphatic carbocycles. The molecule has 0 unspecified atom stereocenters. The van der Waals surface area contributed by atoms with Crippen LogP contribution in [-0.2, 0) is 10.0 Å². The van der Waals surface area contributed by atoms with Crippen LogP contribution < -0.4 is 9.88 Å². The van der Waals surface area contributed by atoms with Crippen molar-refractivity contribution >= 4 is 26.0 Å². The van der Waals surface area contributed by atoms with Crippen molar-refractivity contribution in [1.29, 1.82) is 0 Å². The maximum atomic E-state index is 13.7. The van der Waals surface area contributed by atoms with E-state index >= 15 is 0 Å². The molecular formula is C13H18BrFN2O3S. The fourth-order valence-electron chi connectivity index (χ4n) is 2.31. The first-order valence-corrected chi connectivity index (χ1v) is 9.09. The third-order valence-electron chi connectivity index (χ3n) is 3.41. The number of benzene rings is 1. The number of nitrogens with two attached hydrogens (primary N) is 1. The molecule has 2 rings (SSSR count). The van der Waals surface area contributed by atoms with Crippen LogP contribution in [0.2, 0.25) is 0 Å². The predicted molar refractivity (Wildman–Crippen MR) is 81.3 cm³/mol. The van der Waals surface area contributed by atoms with Gasteiger partial charge in [0.1, 0.15) is 23.1 Å². The van der Waals surface area contributed by atoms with Gasteiger partial charge in [0.05, 0.1) is 4.47 Å². The summed E-state index contributed by atoms with van der Waals surface area (Å²) in [6.45, 7) is 3.31. The van der Waals surface area contributed by atoms with Crippen molar-refractivity contribution in [2.45, 2.75) is 24.2 Å². The highest BCUT2D eigenvalue weighted by atomic mass is 79.9. The molecule has 21 heavy (non-hydrogen) atoms. The van der Waals surface area contributed by atoms with Crippen LogP contribution >= 0.6 is 15.9 Å². The van der Waals surface area contributed by atoms with Gasteiger partial charge in [0.25, 0.3) is 0 Å². The minimum atomic E-state index is -4.08. The lowest BCUT2D eigenvalue weighted by atomic mass is 10.1. The molecule has 0 aromatic heterocycles. The Kier molecular flexibility index (Phi) is 5.59. The summed E-state index contributed by atoms with van der Waals surface area (Å²) in [4.78, 5) is 1.75. The molecule has 0 bridgehead atoms. The first-order valence-electron chi connectivity index (χ1n) is 6.75. The van der Waals surface area contributed by atoms with Gasteiger partial charge in [-0.2, -0.15) is 0 Å². The molecule has 1 aromatic rings. The zero-order chi connectivity index (χ0) is 15.5. The monoisotopic (exact) mass is 380 g/mol. The average molecular weight is 381 g/mol. The minimum absolute atomic E-state index is 0.275. The van der Waals surface area contributed by atoms with E-state index in [2.05, 4.69) is 20.8 Å². The van der Waals surface area contributed by atoms with Crippen LogP contribution in [0, 0.1) is 5.82 Å². The van der Waals surface area contributed by atoms with Crippen LogP contribution in [0.4, 0.5) is 4.39 Å². The largest absolute Gasteiger partial charge is 0.491 e. The van der Waals surface area contributed by atoms with Crippen LogP contribution in [0.15, 0.2) is 21.5 Å². The molecule has 0 spiro atoms. The summed E-state index contributed by atoms with van der Waals surface area (Å²) in [5, 5.41) is 4.94. The molecule has 1 heterocycles. The molecule has 118 valence electrons. The first kappa shape index (κ1) is 16.7. The van der Waals surface area contributed by atoms with Gasteiger partial charge in [0.2, 0.25) is 10.0 Å². The van der Waals surface area contributed by atoms with Crippen LogP contribution in [0.1, 0.15) is 19.3 Å². The Hall–Kier alpha value is -0.700. The number of rotatable bonds is 5. The van der Waals surface area contributed by atoms with Crippen molar-refractivity contribution in [3.8, 4) is 5.75 Å². The summed E-state index contributed by atoms with van der Waals surface area (Å²) in [7, 11) is -4.08. The topological polar surface area (TPSA) is 72.6 Å². The molecule has 8 heteroatoms. The molecule has 0 atom stereocenters. The fourth-order valence-corrected chi connectivity index (χ4v) is 3.53. The minimum Gasteiger partial charge on any atom is -0.491 e. The Labute approximate surface area is 132 Å². The van der Waals surface area contributed by atoms with Gasteiger partial charge in [-0.25, -0.2) is 17.9 Å². The molecule has 2 N–H and O–H groups in total. The SMILES string of the molecule is NS(=O)(=O)c1cc(Br)c(OCCN2CCCCC2)cc1F. The lowest BCUT2D eigenvalue weighted by Gasteiger charge is -2.26. The Morgan fingerprint density at radius 1 is 1.29 bits per heavy atom. The van der Waals surface area contributed by atoms with Crippen molar-refractivity contribution in [3.05, 3.63) is 22.4 Å². The lowest BCUT2D eigenvalue weighted by Crippen LogP contribution is -2.33. The number of primary sulfonamides is 1. The number of likely N-dealkylation sites (tertiary alicyclic amines) is 1. The molecule has 5 nitrogen and oxygen atoms in total. The fraction of sp³-hybridized carbons (Fsp3) is 0.538. The van der Waals surface area contributed by atoms with E-state index in [0.717, 1.165) is 31.8 Å². The Bertz CT molecular complexity index is 604. The van der Waals surface area contributed by atoms with Gasteiger partial charge in [-0.05, 0) is 47.9 Å². The molecular weight excluding hydrogens is 363 g/mol. The summed E-state index contributed by atoms with van der Waals surface area (Å²) >= 11 is 3.17. The maximum Gasteiger partial charge on any atom is 0.241 e. The Balaban J connectivity index is 1.99. The molecule has 0 radical (unpaired) electrons. The van der Waals surface area contributed by atoms with E-state index < -0.39 is 20.7 Å². The van der Waals surface area contributed by atoms with Gasteiger partial charge in [-0.1, -0.05) is 6.42 Å². The smallest absolute Gasteiger partial charge is 0.241 e. The highest BCUT2D eigenvalue weighted by Gasteiger charge is 2.18. The van der Waals surface area contributed by atoms with Crippen molar-refractivity contribution in [1.82, 2.24) is 4.90 Å². The van der Waals surface area contributed by atoms with E-state index in [9.17, 15) is 12.8 Å². The number of halogens is 2. The third kappa shape index (κ3) is 4.64. The van der Waals surface area contributed by atoms with E-state index in [1.165, 1.54) is 19.3 Å². The number of ether oxygens (including phenoxy) is 1. The van der Waals surface area contributed by atoms with Gasteiger partial charge in [0, 0.05) is 12.6 Å². The van der Waals surface area contributed by atoms with Gasteiger partial charge >= 0.3 is 0 Å². The molecule has 1 aromatic carbocycles. The van der Waals surface area contributed by atoms with Crippen molar-refractivity contribution in [2.75, 3.05) is 26.2 Å². The van der Waals surface area contributed by atoms with E-state index in [0.29, 0.717) is 11.1 Å². The van der Waals surface area contributed by atoms with E-state index in [1.807, 2.05) is 0 Å². The molecule has 0 amide bonds. The zero-order valence-electron chi connectivity index (χ0n) is 11.5. The van der Waals surface area contributed by atoms with Crippen LogP contribution in [-0.4, -0.2) is 39.6 Å². The van der Waals surface area contributed by atoms with E-state index in [-0.39, 0.29) is 5.75 Å². The highest BCUT2D eigenvalue weighted by molar-refractivity contribution is 9.10. The van der Waals surface area contributed by atoms with Crippen LogP contribution in [0.3, 0.4) is 0 Å². The summed E-state index contributed by atoms with van der Waals surface area (Å²) in [6, 6.07) is 2.17. The van der Waals surface area contributed by atoms with Crippen LogP contribution in [0.5, 0.6) is 5.75 Å². The number of piperidine rings is 1. The third-order valence-corrected chi connectivity index (χ3v) is 4.95. The summed E-state index contributed by atoms with van der Waals surface area (Å²) < 4.78 is 42.0. The molecule has 1 aliphatic heterocycles. The maximum absolute atomic E-state index is 13.7. The van der Waals surface area contributed by atoms with Gasteiger partial charge in [-0.3, -0.25) is 4.90 Å². The van der Waals surface area contributed by atoms with E-state index in [1.54, 1.807) is 0 Å². The van der Waals surface area contributed by atoms with Gasteiger partial charge in [0.15, 0.2) is 0 Å². The number of sulfonamides is 1. The van der Waals surface area contributed by atoms with Crippen LogP contribution in [0.25, 0.3) is 0 Å². The average Bonchev–Trinajstić information content (AvgIpc) is 2.42. The summed E-state index contributed by atoms with van der Waals surface area (Å²) in [5.74, 6) is -0.634. The van der Waals surface area contributed by atoms with Gasteiger partial charge < -0.3 is 4.74 Å². The summed E-state index contributed by atoms with van der Waals surface area (Å²) in [5.41, 5.74) is 0. The second kappa shape index (κ2) is 7.04. The Morgan fingerprint density at radius 3 is 2.57 bits per heavy atom. The summed E-state index contributed by atoms with van der Waals surface area (Å²) in [6.07, 6.45) is 3.66. The number of hydrogen-bond acceptors (Lipinski definition) is 4. The molecule has 1 aliphatic rings. The van der Waals surface area contributed by atoms with Crippen molar-refractivity contribution in [2.24, 2.45) is 5.14 Å². The van der Waals surface area contributed by atoms with Crippen molar-refractivity contribution < 1.29 is 17.5 Å². The number of hydrogen-bond donors (Lipinski definition) is 1. The van der Waals surface area contributed by atoms with Gasteiger partial charge in [-0.15, -0.1) is 0 Å². The zero-order valence-corrected chi connectivity index (χ0v) is 13.9. The standard InChI is InChI=1S/C13H18BrFN2O3S/c14-10-8-13(21(16,18)19)11(15)9-12(10)20-7-6-17-4-2-1-3-5-17/h8-9H,1-7H2,(H2,16,18,19). The molecule has 1 saturated heterocycles. The molecule has 1 fully saturated rings. The lowest BCUT2D eigenvalue weighted by molar-refractivity contribution is 0.182. The van der Waals surface area contributed by atoms with E-state index in [4.69, 9.17) is 9.88 Å². The highest BCUT2D eigenvalue weighted by Crippen LogP contribution is 2.29. The predicted octanol–water partition coefficient (Wildman–Crippen LogP) is 2.10. The second-order valence-corrected chi connectivity index (χ2v) is 7.39. The number of nitrogens with zero attached hydrogens (tertiary/aromatic N) is 1. The normalized spacial score (nSPS) is 16.9. The Morgan fingerprint density at radius 2 is 1.95 bits per heavy atom. The molecule has 0 saturated carbocycles. The second-order valence-electron chi connectivity index (χ2n) is 5.01.